The lowest BCUT2D eigenvalue weighted by Gasteiger charge is -2.12. The number of para-hydroxylation sites is 1. The van der Waals surface area contributed by atoms with E-state index in [1.54, 1.807) is 12.1 Å². The number of benzene rings is 2. The van der Waals surface area contributed by atoms with Crippen LogP contribution >= 0.6 is 0 Å². The Hall–Kier alpha value is -2.94. The highest BCUT2D eigenvalue weighted by molar-refractivity contribution is 7.90. The van der Waals surface area contributed by atoms with Crippen molar-refractivity contribution in [3.63, 3.8) is 0 Å². The van der Waals surface area contributed by atoms with Gasteiger partial charge in [-0.1, -0.05) is 12.1 Å². The maximum absolute atomic E-state index is 13.3. The zero-order valence-electron chi connectivity index (χ0n) is 14.1. The minimum Gasteiger partial charge on any atom is -0.465 e. The molecule has 1 amide bonds. The highest BCUT2D eigenvalue weighted by atomic mass is 32.2. The van der Waals surface area contributed by atoms with E-state index in [0.717, 1.165) is 18.4 Å². The van der Waals surface area contributed by atoms with Gasteiger partial charge in [-0.3, -0.25) is 4.79 Å². The molecule has 2 aromatic carbocycles. The number of esters is 1. The third-order valence-electron chi connectivity index (χ3n) is 3.39. The minimum absolute atomic E-state index is 0.102. The van der Waals surface area contributed by atoms with E-state index in [-0.39, 0.29) is 28.4 Å². The standard InChI is InChI=1S/C17H17FN2O5S/c1-25-17(22)12-5-3-4-6-13(12)20-16(21)10-19-14-8-7-11(18)9-15(14)26(2,23)24/h3-9,19H,10H2,1-2H3,(H,20,21). The number of sulfone groups is 1. The average molecular weight is 380 g/mol. The van der Waals surface area contributed by atoms with Crippen LogP contribution < -0.4 is 10.6 Å². The molecule has 0 saturated heterocycles. The summed E-state index contributed by atoms with van der Waals surface area (Å²) in [5.41, 5.74) is 0.542. The smallest absolute Gasteiger partial charge is 0.339 e. The number of nitrogens with one attached hydrogen (secondary N) is 2. The van der Waals surface area contributed by atoms with Gasteiger partial charge >= 0.3 is 5.97 Å². The van der Waals surface area contributed by atoms with Crippen LogP contribution in [0.2, 0.25) is 0 Å². The Balaban J connectivity index is 2.13. The zero-order valence-corrected chi connectivity index (χ0v) is 14.9. The van der Waals surface area contributed by atoms with Gasteiger partial charge in [-0.15, -0.1) is 0 Å². The number of rotatable bonds is 6. The minimum atomic E-state index is -3.68. The van der Waals surface area contributed by atoms with Crippen molar-refractivity contribution in [2.24, 2.45) is 0 Å². The highest BCUT2D eigenvalue weighted by Gasteiger charge is 2.16. The molecule has 0 aliphatic carbocycles. The van der Waals surface area contributed by atoms with Gasteiger partial charge < -0.3 is 15.4 Å². The summed E-state index contributed by atoms with van der Waals surface area (Å²) in [6, 6.07) is 9.49. The Morgan fingerprint density at radius 1 is 1.12 bits per heavy atom. The lowest BCUT2D eigenvalue weighted by molar-refractivity contribution is -0.114. The number of carbonyl (C=O) groups is 2. The molecule has 0 atom stereocenters. The van der Waals surface area contributed by atoms with Crippen LogP contribution in [0, 0.1) is 5.82 Å². The second-order valence-corrected chi connectivity index (χ2v) is 7.34. The molecule has 0 unspecified atom stereocenters. The molecule has 0 aromatic heterocycles. The molecule has 0 fully saturated rings. The number of halogens is 1. The zero-order chi connectivity index (χ0) is 19.3. The Bertz CT molecular complexity index is 944. The molecule has 7 nitrogen and oxygen atoms in total. The number of amides is 1. The number of ether oxygens (including phenoxy) is 1. The third kappa shape index (κ3) is 4.79. The van der Waals surface area contributed by atoms with Crippen molar-refractivity contribution in [1.82, 2.24) is 0 Å². The topological polar surface area (TPSA) is 102 Å². The summed E-state index contributed by atoms with van der Waals surface area (Å²) < 4.78 is 41.4. The first-order valence-electron chi connectivity index (χ1n) is 7.43. The average Bonchev–Trinajstić information content (AvgIpc) is 2.59. The number of hydrogen-bond donors (Lipinski definition) is 2. The first-order chi connectivity index (χ1) is 12.2. The van der Waals surface area contributed by atoms with Crippen LogP contribution in [0.3, 0.4) is 0 Å². The molecule has 0 saturated carbocycles. The molecular formula is C17H17FN2O5S. The van der Waals surface area contributed by atoms with Gasteiger partial charge in [0.25, 0.3) is 0 Å². The lowest BCUT2D eigenvalue weighted by atomic mass is 10.2. The molecule has 0 bridgehead atoms. The lowest BCUT2D eigenvalue weighted by Crippen LogP contribution is -2.23. The van der Waals surface area contributed by atoms with E-state index in [1.807, 2.05) is 0 Å². The fourth-order valence-corrected chi connectivity index (χ4v) is 3.07. The second kappa shape index (κ2) is 7.96. The molecule has 26 heavy (non-hydrogen) atoms. The summed E-state index contributed by atoms with van der Waals surface area (Å²) in [6.07, 6.45) is 0.944. The van der Waals surface area contributed by atoms with Crippen LogP contribution in [0.4, 0.5) is 15.8 Å². The van der Waals surface area contributed by atoms with Crippen molar-refractivity contribution < 1.29 is 27.1 Å². The third-order valence-corrected chi connectivity index (χ3v) is 4.53. The van der Waals surface area contributed by atoms with Gasteiger partial charge in [0.15, 0.2) is 9.84 Å². The number of carbonyl (C=O) groups excluding carboxylic acids is 2. The van der Waals surface area contributed by atoms with Crippen molar-refractivity contribution in [1.29, 1.82) is 0 Å². The molecule has 138 valence electrons. The Morgan fingerprint density at radius 2 is 1.81 bits per heavy atom. The van der Waals surface area contributed by atoms with Gasteiger partial charge in [0.1, 0.15) is 5.82 Å². The molecule has 2 aromatic rings. The summed E-state index contributed by atoms with van der Waals surface area (Å²) in [6.45, 7) is -0.288. The number of methoxy groups -OCH3 is 1. The molecule has 0 aliphatic heterocycles. The maximum Gasteiger partial charge on any atom is 0.339 e. The van der Waals surface area contributed by atoms with Crippen molar-refractivity contribution >= 4 is 33.1 Å². The monoisotopic (exact) mass is 380 g/mol. The van der Waals surface area contributed by atoms with E-state index in [4.69, 9.17) is 0 Å². The Morgan fingerprint density at radius 3 is 2.46 bits per heavy atom. The molecular weight excluding hydrogens is 363 g/mol. The second-order valence-electron chi connectivity index (χ2n) is 5.35. The van der Waals surface area contributed by atoms with Crippen LogP contribution in [-0.4, -0.2) is 40.2 Å². The van der Waals surface area contributed by atoms with Gasteiger partial charge in [-0.2, -0.15) is 0 Å². The summed E-state index contributed by atoms with van der Waals surface area (Å²) >= 11 is 0. The van der Waals surface area contributed by atoms with Crippen LogP contribution in [0.5, 0.6) is 0 Å². The van der Waals surface area contributed by atoms with Crippen molar-refractivity contribution in [3.8, 4) is 0 Å². The van der Waals surface area contributed by atoms with Crippen LogP contribution in [0.1, 0.15) is 10.4 Å². The fraction of sp³-hybridized carbons (Fsp3) is 0.176. The molecule has 0 radical (unpaired) electrons. The van der Waals surface area contributed by atoms with Gasteiger partial charge in [0.2, 0.25) is 5.91 Å². The summed E-state index contributed by atoms with van der Waals surface area (Å²) in [7, 11) is -2.45. The quantitative estimate of drug-likeness (QED) is 0.744. The fourth-order valence-electron chi connectivity index (χ4n) is 2.20. The van der Waals surface area contributed by atoms with Crippen LogP contribution in [-0.2, 0) is 19.4 Å². The predicted octanol–water partition coefficient (Wildman–Crippen LogP) is 2.07. The van der Waals surface area contributed by atoms with Crippen molar-refractivity contribution in [2.45, 2.75) is 4.90 Å². The summed E-state index contributed by atoms with van der Waals surface area (Å²) in [5.74, 6) is -1.83. The summed E-state index contributed by atoms with van der Waals surface area (Å²) in [4.78, 5) is 23.6. The normalized spacial score (nSPS) is 10.9. The molecule has 2 rings (SSSR count). The Labute approximate surface area is 150 Å². The SMILES string of the molecule is COC(=O)c1ccccc1NC(=O)CNc1ccc(F)cc1S(C)(=O)=O. The van der Waals surface area contributed by atoms with E-state index in [2.05, 4.69) is 15.4 Å². The first-order valence-corrected chi connectivity index (χ1v) is 9.32. The molecule has 0 heterocycles. The van der Waals surface area contributed by atoms with E-state index in [0.29, 0.717) is 0 Å². The number of hydrogen-bond acceptors (Lipinski definition) is 6. The molecule has 2 N–H and O–H groups in total. The summed E-state index contributed by atoms with van der Waals surface area (Å²) in [5, 5.41) is 5.20. The van der Waals surface area contributed by atoms with Crippen LogP contribution in [0.15, 0.2) is 47.4 Å². The van der Waals surface area contributed by atoms with Gasteiger partial charge in [-0.25, -0.2) is 17.6 Å². The molecule has 9 heteroatoms. The van der Waals surface area contributed by atoms with Crippen molar-refractivity contribution in [3.05, 3.63) is 53.8 Å². The Kier molecular flexibility index (Phi) is 5.93. The molecule has 0 aliphatic rings. The van der Waals surface area contributed by atoms with Gasteiger partial charge in [0, 0.05) is 6.26 Å². The van der Waals surface area contributed by atoms with E-state index in [1.165, 1.54) is 25.3 Å². The maximum atomic E-state index is 13.3. The number of anilines is 2. The van der Waals surface area contributed by atoms with E-state index < -0.39 is 27.5 Å². The largest absolute Gasteiger partial charge is 0.465 e. The van der Waals surface area contributed by atoms with Gasteiger partial charge in [0.05, 0.1) is 35.5 Å². The van der Waals surface area contributed by atoms with Crippen molar-refractivity contribution in [2.75, 3.05) is 30.5 Å². The van der Waals surface area contributed by atoms with Crippen LogP contribution in [0.25, 0.3) is 0 Å². The first kappa shape index (κ1) is 19.4. The van der Waals surface area contributed by atoms with E-state index >= 15 is 0 Å². The predicted molar refractivity (Wildman–Crippen MR) is 94.4 cm³/mol. The highest BCUT2D eigenvalue weighted by Crippen LogP contribution is 2.22. The van der Waals surface area contributed by atoms with E-state index in [9.17, 15) is 22.4 Å². The van der Waals surface area contributed by atoms with Gasteiger partial charge in [-0.05, 0) is 30.3 Å². The molecule has 0 spiro atoms.